The van der Waals surface area contributed by atoms with Crippen molar-refractivity contribution < 1.29 is 4.79 Å². The van der Waals surface area contributed by atoms with Gasteiger partial charge in [0.1, 0.15) is 0 Å². The third-order valence-electron chi connectivity index (χ3n) is 4.09. The lowest BCUT2D eigenvalue weighted by molar-refractivity contribution is -0.123. The lowest BCUT2D eigenvalue weighted by atomic mass is 9.94. The lowest BCUT2D eigenvalue weighted by Gasteiger charge is -2.28. The van der Waals surface area contributed by atoms with Crippen LogP contribution >= 0.6 is 11.6 Å². The molecule has 0 spiro atoms. The number of hydrogen-bond acceptors (Lipinski definition) is 2. The van der Waals surface area contributed by atoms with Crippen LogP contribution in [0.25, 0.3) is 0 Å². The minimum absolute atomic E-state index is 0.105. The largest absolute Gasteiger partial charge is 0.347 e. The zero-order valence-electron chi connectivity index (χ0n) is 12.4. The van der Waals surface area contributed by atoms with Crippen LogP contribution in [0.15, 0.2) is 24.3 Å². The SMILES string of the molecule is CN1CCCC1CC(=O)NC(C)(C)c1cccc(Cl)c1. The molecule has 4 heteroatoms. The van der Waals surface area contributed by atoms with Crippen molar-refractivity contribution in [3.63, 3.8) is 0 Å². The van der Waals surface area contributed by atoms with Crippen LogP contribution in [0.1, 0.15) is 38.7 Å². The highest BCUT2D eigenvalue weighted by atomic mass is 35.5. The van der Waals surface area contributed by atoms with Crippen molar-refractivity contribution in [2.24, 2.45) is 0 Å². The molecule has 0 saturated carbocycles. The van der Waals surface area contributed by atoms with Crippen molar-refractivity contribution in [3.8, 4) is 0 Å². The highest BCUT2D eigenvalue weighted by Crippen LogP contribution is 2.24. The predicted molar refractivity (Wildman–Crippen MR) is 82.9 cm³/mol. The van der Waals surface area contributed by atoms with Gasteiger partial charge < -0.3 is 10.2 Å². The number of carbonyl (C=O) groups excluding carboxylic acids is 1. The van der Waals surface area contributed by atoms with Gasteiger partial charge in [-0.1, -0.05) is 23.7 Å². The summed E-state index contributed by atoms with van der Waals surface area (Å²) in [5, 5.41) is 3.82. The van der Waals surface area contributed by atoms with Gasteiger partial charge >= 0.3 is 0 Å². The Labute approximate surface area is 126 Å². The van der Waals surface area contributed by atoms with Crippen molar-refractivity contribution in [3.05, 3.63) is 34.9 Å². The number of amides is 1. The van der Waals surface area contributed by atoms with E-state index in [1.54, 1.807) is 0 Å². The van der Waals surface area contributed by atoms with Crippen LogP contribution in [0.3, 0.4) is 0 Å². The van der Waals surface area contributed by atoms with E-state index in [0.717, 1.165) is 18.5 Å². The Bertz CT molecular complexity index is 487. The van der Waals surface area contributed by atoms with Gasteiger partial charge in [-0.3, -0.25) is 4.79 Å². The molecule has 1 heterocycles. The smallest absolute Gasteiger partial charge is 0.222 e. The van der Waals surface area contributed by atoms with Gasteiger partial charge in [0.15, 0.2) is 0 Å². The van der Waals surface area contributed by atoms with Crippen LogP contribution in [0.4, 0.5) is 0 Å². The quantitative estimate of drug-likeness (QED) is 0.925. The van der Waals surface area contributed by atoms with Gasteiger partial charge in [0, 0.05) is 17.5 Å². The highest BCUT2D eigenvalue weighted by molar-refractivity contribution is 6.30. The van der Waals surface area contributed by atoms with Crippen LogP contribution in [0.2, 0.25) is 5.02 Å². The van der Waals surface area contributed by atoms with Crippen LogP contribution in [-0.4, -0.2) is 30.4 Å². The molecule has 0 bridgehead atoms. The van der Waals surface area contributed by atoms with E-state index in [-0.39, 0.29) is 5.91 Å². The van der Waals surface area contributed by atoms with Gasteiger partial charge in [-0.05, 0) is 58.0 Å². The minimum Gasteiger partial charge on any atom is -0.347 e. The summed E-state index contributed by atoms with van der Waals surface area (Å²) in [6.45, 7) is 5.11. The van der Waals surface area contributed by atoms with E-state index in [0.29, 0.717) is 17.5 Å². The van der Waals surface area contributed by atoms with Crippen molar-refractivity contribution in [1.29, 1.82) is 0 Å². The normalized spacial score (nSPS) is 20.1. The second-order valence-corrected chi connectivity index (χ2v) is 6.60. The molecular weight excluding hydrogens is 272 g/mol. The number of nitrogens with one attached hydrogen (secondary N) is 1. The number of rotatable bonds is 4. The van der Waals surface area contributed by atoms with Crippen LogP contribution in [-0.2, 0) is 10.3 Å². The molecule has 20 heavy (non-hydrogen) atoms. The molecule has 110 valence electrons. The summed E-state index contributed by atoms with van der Waals surface area (Å²) < 4.78 is 0. The summed E-state index contributed by atoms with van der Waals surface area (Å²) in [7, 11) is 2.09. The number of benzene rings is 1. The van der Waals surface area contributed by atoms with Crippen molar-refractivity contribution in [2.75, 3.05) is 13.6 Å². The monoisotopic (exact) mass is 294 g/mol. The van der Waals surface area contributed by atoms with Crippen LogP contribution in [0, 0.1) is 0 Å². The molecule has 1 aliphatic heterocycles. The zero-order valence-corrected chi connectivity index (χ0v) is 13.2. The molecule has 2 rings (SSSR count). The summed E-state index contributed by atoms with van der Waals surface area (Å²) in [6.07, 6.45) is 2.87. The summed E-state index contributed by atoms with van der Waals surface area (Å²) in [5.41, 5.74) is 0.622. The number of nitrogens with zero attached hydrogens (tertiary/aromatic N) is 1. The number of hydrogen-bond donors (Lipinski definition) is 1. The second kappa shape index (κ2) is 6.15. The van der Waals surface area contributed by atoms with Gasteiger partial charge in [-0.2, -0.15) is 0 Å². The van der Waals surface area contributed by atoms with Crippen molar-refractivity contribution >= 4 is 17.5 Å². The van der Waals surface area contributed by atoms with E-state index < -0.39 is 5.54 Å². The summed E-state index contributed by atoms with van der Waals surface area (Å²) in [5.74, 6) is 0.105. The first-order valence-electron chi connectivity index (χ1n) is 7.16. The number of carbonyl (C=O) groups is 1. The van der Waals surface area contributed by atoms with Gasteiger partial charge in [-0.15, -0.1) is 0 Å². The Hall–Kier alpha value is -1.06. The molecule has 1 aromatic rings. The predicted octanol–water partition coefficient (Wildman–Crippen LogP) is 3.18. The van der Waals surface area contributed by atoms with Crippen LogP contribution in [0.5, 0.6) is 0 Å². The first kappa shape index (κ1) is 15.3. The topological polar surface area (TPSA) is 32.3 Å². The first-order valence-corrected chi connectivity index (χ1v) is 7.53. The molecule has 1 amide bonds. The van der Waals surface area contributed by atoms with E-state index in [1.807, 2.05) is 38.1 Å². The molecule has 1 aliphatic rings. The molecular formula is C16H23ClN2O. The molecule has 3 nitrogen and oxygen atoms in total. The van der Waals surface area contributed by atoms with Gasteiger partial charge in [0.2, 0.25) is 5.91 Å². The standard InChI is InChI=1S/C16H23ClN2O/c1-16(2,12-6-4-7-13(17)10-12)18-15(20)11-14-8-5-9-19(14)3/h4,6-7,10,14H,5,8-9,11H2,1-3H3,(H,18,20). The molecule has 1 aromatic carbocycles. The van der Waals surface area contributed by atoms with Gasteiger partial charge in [0.25, 0.3) is 0 Å². The number of halogens is 1. The average molecular weight is 295 g/mol. The van der Waals surface area contributed by atoms with Gasteiger partial charge in [0.05, 0.1) is 5.54 Å². The lowest BCUT2D eigenvalue weighted by Crippen LogP contribution is -2.43. The first-order chi connectivity index (χ1) is 9.38. The maximum absolute atomic E-state index is 12.2. The number of likely N-dealkylation sites (tertiary alicyclic amines) is 1. The van der Waals surface area contributed by atoms with Crippen molar-refractivity contribution in [1.82, 2.24) is 10.2 Å². The Balaban J connectivity index is 1.98. The molecule has 1 fully saturated rings. The maximum Gasteiger partial charge on any atom is 0.222 e. The van der Waals surface area contributed by atoms with E-state index in [1.165, 1.54) is 6.42 Å². The van der Waals surface area contributed by atoms with E-state index in [2.05, 4.69) is 17.3 Å². The fourth-order valence-corrected chi connectivity index (χ4v) is 2.99. The Morgan fingerprint density at radius 2 is 2.25 bits per heavy atom. The molecule has 0 aromatic heterocycles. The second-order valence-electron chi connectivity index (χ2n) is 6.16. The third-order valence-corrected chi connectivity index (χ3v) is 4.33. The molecule has 1 N–H and O–H groups in total. The fourth-order valence-electron chi connectivity index (χ4n) is 2.80. The molecule has 0 aliphatic carbocycles. The van der Waals surface area contributed by atoms with E-state index >= 15 is 0 Å². The Kier molecular flexibility index (Phi) is 4.71. The molecule has 1 unspecified atom stereocenters. The molecule has 0 radical (unpaired) electrons. The van der Waals surface area contributed by atoms with Gasteiger partial charge in [-0.25, -0.2) is 0 Å². The minimum atomic E-state index is -0.404. The van der Waals surface area contributed by atoms with Crippen molar-refractivity contribution in [2.45, 2.75) is 44.7 Å². The zero-order chi connectivity index (χ0) is 14.8. The molecule has 1 saturated heterocycles. The van der Waals surface area contributed by atoms with Crippen LogP contribution < -0.4 is 5.32 Å². The Morgan fingerprint density at radius 1 is 1.50 bits per heavy atom. The molecule has 1 atom stereocenters. The average Bonchev–Trinajstić information content (AvgIpc) is 2.74. The van der Waals surface area contributed by atoms with E-state index in [9.17, 15) is 4.79 Å². The summed E-state index contributed by atoms with van der Waals surface area (Å²) >= 11 is 6.02. The maximum atomic E-state index is 12.2. The van der Waals surface area contributed by atoms with E-state index in [4.69, 9.17) is 11.6 Å². The fraction of sp³-hybridized carbons (Fsp3) is 0.562. The summed E-state index contributed by atoms with van der Waals surface area (Å²) in [6, 6.07) is 8.04. The summed E-state index contributed by atoms with van der Waals surface area (Å²) in [4.78, 5) is 14.5. The third kappa shape index (κ3) is 3.74. The Morgan fingerprint density at radius 3 is 2.85 bits per heavy atom. The highest BCUT2D eigenvalue weighted by Gasteiger charge is 2.27.